The molecule has 0 aliphatic heterocycles. The normalized spacial score (nSPS) is 11.5. The van der Waals surface area contributed by atoms with Crippen LogP contribution in [-0.4, -0.2) is 14.4 Å². The van der Waals surface area contributed by atoms with Gasteiger partial charge in [0.1, 0.15) is 11.2 Å². The monoisotopic (exact) mass is 233 g/mol. The number of aryl methyl sites for hydroxylation is 2. The van der Waals surface area contributed by atoms with Crippen LogP contribution in [0.15, 0.2) is 18.3 Å². The van der Waals surface area contributed by atoms with E-state index in [2.05, 4.69) is 9.97 Å². The minimum absolute atomic E-state index is 0.109. The quantitative estimate of drug-likeness (QED) is 0.559. The van der Waals surface area contributed by atoms with Crippen molar-refractivity contribution in [2.24, 2.45) is 0 Å². The standard InChI is InChI=1S/C12H9F2N3/c1-6-4-3-5-17-9-7(2)10(13)16-11(14)8(9)15-12(6)17/h3-5H,1-2H3. The van der Waals surface area contributed by atoms with Gasteiger partial charge in [-0.3, -0.25) is 4.40 Å². The van der Waals surface area contributed by atoms with Gasteiger partial charge in [-0.25, -0.2) is 4.98 Å². The summed E-state index contributed by atoms with van der Waals surface area (Å²) in [5.74, 6) is -1.66. The van der Waals surface area contributed by atoms with Crippen molar-refractivity contribution < 1.29 is 8.78 Å². The third kappa shape index (κ3) is 1.25. The number of hydrogen-bond donors (Lipinski definition) is 0. The molecule has 0 aliphatic rings. The van der Waals surface area contributed by atoms with Crippen LogP contribution in [0.5, 0.6) is 0 Å². The van der Waals surface area contributed by atoms with Crippen molar-refractivity contribution in [3.05, 3.63) is 41.4 Å². The highest BCUT2D eigenvalue weighted by molar-refractivity contribution is 5.83. The summed E-state index contributed by atoms with van der Waals surface area (Å²) in [6.07, 6.45) is 1.74. The lowest BCUT2D eigenvalue weighted by Gasteiger charge is -2.01. The van der Waals surface area contributed by atoms with E-state index in [4.69, 9.17) is 0 Å². The van der Waals surface area contributed by atoms with Crippen LogP contribution >= 0.6 is 0 Å². The number of nitrogens with zero attached hydrogens (tertiary/aromatic N) is 3. The maximum absolute atomic E-state index is 13.6. The van der Waals surface area contributed by atoms with Gasteiger partial charge in [0.05, 0.1) is 5.52 Å². The predicted octanol–water partition coefficient (Wildman–Crippen LogP) is 2.78. The molecule has 0 saturated heterocycles. The van der Waals surface area contributed by atoms with Gasteiger partial charge in [0, 0.05) is 11.8 Å². The summed E-state index contributed by atoms with van der Waals surface area (Å²) >= 11 is 0. The van der Waals surface area contributed by atoms with Crippen molar-refractivity contribution in [1.29, 1.82) is 0 Å². The maximum atomic E-state index is 13.6. The summed E-state index contributed by atoms with van der Waals surface area (Å²) in [6, 6.07) is 3.69. The topological polar surface area (TPSA) is 30.2 Å². The van der Waals surface area contributed by atoms with Gasteiger partial charge in [-0.05, 0) is 25.5 Å². The largest absolute Gasteiger partial charge is 0.299 e. The molecular formula is C12H9F2N3. The maximum Gasteiger partial charge on any atom is 0.243 e. The molecule has 0 atom stereocenters. The van der Waals surface area contributed by atoms with E-state index >= 15 is 0 Å². The highest BCUT2D eigenvalue weighted by Crippen LogP contribution is 2.24. The van der Waals surface area contributed by atoms with E-state index < -0.39 is 11.9 Å². The molecule has 0 aromatic carbocycles. The van der Waals surface area contributed by atoms with Gasteiger partial charge in [-0.2, -0.15) is 13.8 Å². The molecule has 0 bridgehead atoms. The van der Waals surface area contributed by atoms with Crippen molar-refractivity contribution >= 4 is 16.7 Å². The molecule has 17 heavy (non-hydrogen) atoms. The molecule has 0 aliphatic carbocycles. The van der Waals surface area contributed by atoms with E-state index in [1.165, 1.54) is 0 Å². The van der Waals surface area contributed by atoms with E-state index in [1.807, 2.05) is 19.1 Å². The van der Waals surface area contributed by atoms with E-state index in [0.717, 1.165) is 5.56 Å². The first-order valence-corrected chi connectivity index (χ1v) is 5.18. The van der Waals surface area contributed by atoms with E-state index in [0.29, 0.717) is 16.7 Å². The number of fused-ring (bicyclic) bond motifs is 3. The van der Waals surface area contributed by atoms with E-state index in [-0.39, 0.29) is 5.52 Å². The second-order valence-corrected chi connectivity index (χ2v) is 4.01. The molecule has 3 nitrogen and oxygen atoms in total. The molecule has 86 valence electrons. The third-order valence-electron chi connectivity index (χ3n) is 2.90. The Kier molecular flexibility index (Phi) is 1.92. The Morgan fingerprint density at radius 3 is 2.65 bits per heavy atom. The fraction of sp³-hybridized carbons (Fsp3) is 0.167. The van der Waals surface area contributed by atoms with Gasteiger partial charge in [0.2, 0.25) is 11.9 Å². The number of imidazole rings is 1. The van der Waals surface area contributed by atoms with Crippen LogP contribution in [0.25, 0.3) is 16.7 Å². The average molecular weight is 233 g/mol. The van der Waals surface area contributed by atoms with Crippen molar-refractivity contribution in [3.63, 3.8) is 0 Å². The molecule has 3 rings (SSSR count). The SMILES string of the molecule is Cc1cccn2c1nc1c(F)nc(F)c(C)c12. The fourth-order valence-electron chi connectivity index (χ4n) is 2.03. The molecule has 0 spiro atoms. The Morgan fingerprint density at radius 1 is 1.12 bits per heavy atom. The summed E-state index contributed by atoms with van der Waals surface area (Å²) in [5, 5.41) is 0. The Hall–Kier alpha value is -2.04. The zero-order valence-corrected chi connectivity index (χ0v) is 9.33. The molecule has 0 amide bonds. The lowest BCUT2D eigenvalue weighted by Crippen LogP contribution is -1.96. The predicted molar refractivity (Wildman–Crippen MR) is 59.9 cm³/mol. The van der Waals surface area contributed by atoms with Gasteiger partial charge in [0.25, 0.3) is 0 Å². The van der Waals surface area contributed by atoms with E-state index in [9.17, 15) is 8.78 Å². The van der Waals surface area contributed by atoms with Crippen LogP contribution in [-0.2, 0) is 0 Å². The molecule has 3 aromatic rings. The second kappa shape index (κ2) is 3.23. The molecule has 0 radical (unpaired) electrons. The first-order valence-electron chi connectivity index (χ1n) is 5.18. The third-order valence-corrected chi connectivity index (χ3v) is 2.90. The number of pyridine rings is 2. The second-order valence-electron chi connectivity index (χ2n) is 4.01. The van der Waals surface area contributed by atoms with Crippen LogP contribution < -0.4 is 0 Å². The Morgan fingerprint density at radius 2 is 1.88 bits per heavy atom. The van der Waals surface area contributed by atoms with Gasteiger partial charge in [-0.1, -0.05) is 6.07 Å². The molecule has 3 aromatic heterocycles. The fourth-order valence-corrected chi connectivity index (χ4v) is 2.03. The van der Waals surface area contributed by atoms with Gasteiger partial charge in [-0.15, -0.1) is 0 Å². The van der Waals surface area contributed by atoms with Crippen molar-refractivity contribution in [3.8, 4) is 0 Å². The lowest BCUT2D eigenvalue weighted by molar-refractivity contribution is 0.515. The molecule has 0 N–H and O–H groups in total. The summed E-state index contributed by atoms with van der Waals surface area (Å²) in [6.45, 7) is 3.44. The molecule has 5 heteroatoms. The number of rotatable bonds is 0. The molecule has 3 heterocycles. The zero-order valence-electron chi connectivity index (χ0n) is 9.33. The van der Waals surface area contributed by atoms with Gasteiger partial charge < -0.3 is 0 Å². The van der Waals surface area contributed by atoms with Crippen LogP contribution in [0, 0.1) is 25.7 Å². The number of hydrogen-bond acceptors (Lipinski definition) is 2. The summed E-state index contributed by atoms with van der Waals surface area (Å²) < 4.78 is 28.7. The lowest BCUT2D eigenvalue weighted by atomic mass is 10.2. The zero-order chi connectivity index (χ0) is 12.2. The van der Waals surface area contributed by atoms with Crippen LogP contribution in [0.3, 0.4) is 0 Å². The minimum Gasteiger partial charge on any atom is -0.299 e. The van der Waals surface area contributed by atoms with Gasteiger partial charge in [0.15, 0.2) is 0 Å². The van der Waals surface area contributed by atoms with Crippen LogP contribution in [0.2, 0.25) is 0 Å². The first-order chi connectivity index (χ1) is 8.09. The van der Waals surface area contributed by atoms with Crippen molar-refractivity contribution in [2.45, 2.75) is 13.8 Å². The Labute approximate surface area is 95.7 Å². The Balaban J connectivity index is 2.66. The van der Waals surface area contributed by atoms with Crippen molar-refractivity contribution in [1.82, 2.24) is 14.4 Å². The smallest absolute Gasteiger partial charge is 0.243 e. The summed E-state index contributed by atoms with van der Waals surface area (Å²) in [5.41, 5.74) is 2.38. The highest BCUT2D eigenvalue weighted by Gasteiger charge is 2.17. The minimum atomic E-state index is -0.869. The van der Waals surface area contributed by atoms with Crippen LogP contribution in [0.1, 0.15) is 11.1 Å². The first kappa shape index (κ1) is 10.1. The summed E-state index contributed by atoms with van der Waals surface area (Å²) in [7, 11) is 0. The number of halogens is 2. The molecule has 0 unspecified atom stereocenters. The average Bonchev–Trinajstić information content (AvgIpc) is 2.68. The molecular weight excluding hydrogens is 224 g/mol. The highest BCUT2D eigenvalue weighted by atomic mass is 19.1. The van der Waals surface area contributed by atoms with Crippen LogP contribution in [0.4, 0.5) is 8.78 Å². The summed E-state index contributed by atoms with van der Waals surface area (Å²) in [4.78, 5) is 7.39. The molecule has 0 fully saturated rings. The van der Waals surface area contributed by atoms with Gasteiger partial charge >= 0.3 is 0 Å². The Bertz CT molecular complexity index is 746. The molecule has 0 saturated carbocycles. The number of aromatic nitrogens is 3. The van der Waals surface area contributed by atoms with Crippen molar-refractivity contribution in [2.75, 3.05) is 0 Å². The van der Waals surface area contributed by atoms with E-state index in [1.54, 1.807) is 17.5 Å².